The Hall–Kier alpha value is -4.06. The molecule has 0 radical (unpaired) electrons. The van der Waals surface area contributed by atoms with E-state index < -0.39 is 5.54 Å². The monoisotopic (exact) mass is 398 g/mol. The van der Waals surface area contributed by atoms with Crippen LogP contribution in [0, 0.1) is 17.2 Å². The Balaban J connectivity index is 1.60. The number of nitrogens with one attached hydrogen (secondary N) is 1. The summed E-state index contributed by atoms with van der Waals surface area (Å²) < 4.78 is 1.79. The van der Waals surface area contributed by atoms with Crippen molar-refractivity contribution in [1.82, 2.24) is 29.9 Å². The molecule has 3 N–H and O–H groups in total. The van der Waals surface area contributed by atoms with Crippen LogP contribution >= 0.6 is 0 Å². The molecule has 1 fully saturated rings. The van der Waals surface area contributed by atoms with E-state index in [9.17, 15) is 10.1 Å². The normalized spacial score (nSPS) is 20.6. The first-order chi connectivity index (χ1) is 14.6. The number of nitriles is 1. The van der Waals surface area contributed by atoms with Crippen molar-refractivity contribution in [3.8, 4) is 28.8 Å². The number of carbonyl (C=O) groups excluding carboxylic acids is 1. The van der Waals surface area contributed by atoms with Crippen LogP contribution in [-0.4, -0.2) is 35.9 Å². The number of pyridine rings is 2. The number of nitrogens with two attached hydrogens (primary N) is 1. The Labute approximate surface area is 171 Å². The van der Waals surface area contributed by atoms with E-state index in [1.54, 1.807) is 17.1 Å². The van der Waals surface area contributed by atoms with Crippen LogP contribution in [-0.2, 0) is 10.3 Å². The minimum Gasteiger partial charge on any atom is -0.369 e. The number of amides is 1. The fraction of sp³-hybridized carbons (Fsp3) is 0.238. The van der Waals surface area contributed by atoms with Gasteiger partial charge in [0.15, 0.2) is 0 Å². The van der Waals surface area contributed by atoms with E-state index in [2.05, 4.69) is 21.3 Å². The van der Waals surface area contributed by atoms with Crippen LogP contribution in [0.1, 0.15) is 19.3 Å². The summed E-state index contributed by atoms with van der Waals surface area (Å²) in [4.78, 5) is 20.8. The van der Waals surface area contributed by atoms with Crippen molar-refractivity contribution in [2.24, 2.45) is 11.7 Å². The summed E-state index contributed by atoms with van der Waals surface area (Å²) in [6.45, 7) is 0. The zero-order valence-corrected chi connectivity index (χ0v) is 16.0. The van der Waals surface area contributed by atoms with E-state index in [0.717, 1.165) is 16.6 Å². The number of rotatable bonds is 5. The highest BCUT2D eigenvalue weighted by atomic mass is 16.1. The largest absolute Gasteiger partial charge is 0.369 e. The predicted molar refractivity (Wildman–Crippen MR) is 108 cm³/mol. The van der Waals surface area contributed by atoms with E-state index in [1.807, 2.05) is 36.5 Å². The number of aromatic amines is 1. The average Bonchev–Trinajstić information content (AvgIpc) is 3.41. The van der Waals surface area contributed by atoms with Gasteiger partial charge in [0.25, 0.3) is 0 Å². The quantitative estimate of drug-likeness (QED) is 0.529. The fourth-order valence-corrected chi connectivity index (χ4v) is 4.14. The molecule has 0 spiro atoms. The number of primary amides is 1. The summed E-state index contributed by atoms with van der Waals surface area (Å²) in [6, 6.07) is 11.7. The molecule has 148 valence electrons. The van der Waals surface area contributed by atoms with Crippen LogP contribution in [0.25, 0.3) is 33.7 Å². The maximum absolute atomic E-state index is 11.5. The summed E-state index contributed by atoms with van der Waals surface area (Å²) in [5.41, 5.74) is 8.59. The Morgan fingerprint density at radius 1 is 1.30 bits per heavy atom. The summed E-state index contributed by atoms with van der Waals surface area (Å²) >= 11 is 0. The van der Waals surface area contributed by atoms with Crippen LogP contribution in [0.5, 0.6) is 0 Å². The number of H-pyrrole nitrogens is 1. The van der Waals surface area contributed by atoms with Crippen molar-refractivity contribution in [1.29, 1.82) is 5.26 Å². The molecule has 4 aromatic heterocycles. The van der Waals surface area contributed by atoms with Gasteiger partial charge in [-0.15, -0.1) is 0 Å². The second-order valence-electron chi connectivity index (χ2n) is 7.61. The summed E-state index contributed by atoms with van der Waals surface area (Å²) in [5, 5.41) is 21.9. The Morgan fingerprint density at radius 3 is 2.90 bits per heavy atom. The molecular formula is C21H18N8O. The van der Waals surface area contributed by atoms with Crippen molar-refractivity contribution in [2.45, 2.75) is 24.8 Å². The molecule has 9 heteroatoms. The lowest BCUT2D eigenvalue weighted by Gasteiger charge is -2.45. The highest BCUT2D eigenvalue weighted by Gasteiger charge is 2.48. The molecule has 1 aliphatic rings. The number of carbonyl (C=O) groups is 1. The summed E-state index contributed by atoms with van der Waals surface area (Å²) in [7, 11) is 0. The first-order valence-corrected chi connectivity index (χ1v) is 9.58. The highest BCUT2D eigenvalue weighted by Crippen LogP contribution is 2.46. The molecule has 4 heterocycles. The molecule has 5 rings (SSSR count). The lowest BCUT2D eigenvalue weighted by molar-refractivity contribution is -0.128. The molecule has 1 saturated carbocycles. The van der Waals surface area contributed by atoms with Crippen LogP contribution in [0.4, 0.5) is 0 Å². The van der Waals surface area contributed by atoms with Crippen LogP contribution in [0.3, 0.4) is 0 Å². The van der Waals surface area contributed by atoms with Crippen molar-refractivity contribution < 1.29 is 4.79 Å². The van der Waals surface area contributed by atoms with Crippen molar-refractivity contribution >= 4 is 16.8 Å². The smallest absolute Gasteiger partial charge is 0.220 e. The Morgan fingerprint density at radius 2 is 2.17 bits per heavy atom. The number of hydrogen-bond donors (Lipinski definition) is 2. The molecule has 30 heavy (non-hydrogen) atoms. The van der Waals surface area contributed by atoms with E-state index in [4.69, 9.17) is 15.8 Å². The van der Waals surface area contributed by atoms with Gasteiger partial charge in [-0.1, -0.05) is 0 Å². The van der Waals surface area contributed by atoms with Gasteiger partial charge >= 0.3 is 0 Å². The molecule has 0 aliphatic heterocycles. The zero-order valence-electron chi connectivity index (χ0n) is 16.0. The van der Waals surface area contributed by atoms with Crippen LogP contribution < -0.4 is 5.73 Å². The molecule has 0 atom stereocenters. The third-order valence-electron chi connectivity index (χ3n) is 5.76. The van der Waals surface area contributed by atoms with Crippen LogP contribution in [0.2, 0.25) is 0 Å². The standard InChI is InChI=1S/C21H18N8O/c22-6-5-21(11-13(12-21)20(23)30)29-9-4-16(28-29)19-14-2-1-7-24-17(14)10-18(26-19)15-3-8-25-27-15/h1-4,7-10,13H,5,11-12H2,(H2,23,30)(H,25,27). The van der Waals surface area contributed by atoms with Gasteiger partial charge in [-0.2, -0.15) is 15.5 Å². The van der Waals surface area contributed by atoms with Gasteiger partial charge in [0.05, 0.1) is 34.9 Å². The Bertz CT molecular complexity index is 1280. The number of aromatic nitrogens is 6. The van der Waals surface area contributed by atoms with E-state index in [-0.39, 0.29) is 18.2 Å². The lowest BCUT2D eigenvalue weighted by atomic mass is 9.66. The van der Waals surface area contributed by atoms with Crippen LogP contribution in [0.15, 0.2) is 48.9 Å². The minimum absolute atomic E-state index is 0.224. The molecule has 9 nitrogen and oxygen atoms in total. The third kappa shape index (κ3) is 2.81. The summed E-state index contributed by atoms with van der Waals surface area (Å²) in [5.74, 6) is -0.556. The van der Waals surface area contributed by atoms with Gasteiger partial charge in [0.2, 0.25) is 5.91 Å². The SMILES string of the molecule is N#CCC1(n2ccc(-c3nc(-c4ccn[nH]4)cc4ncccc34)n2)CC(C(N)=O)C1. The maximum Gasteiger partial charge on any atom is 0.220 e. The molecule has 4 aromatic rings. The number of nitrogens with zero attached hydrogens (tertiary/aromatic N) is 6. The topological polar surface area (TPSA) is 139 Å². The molecule has 1 aliphatic carbocycles. The second-order valence-corrected chi connectivity index (χ2v) is 7.61. The number of hydrogen-bond acceptors (Lipinski definition) is 6. The molecule has 0 aromatic carbocycles. The molecular weight excluding hydrogens is 380 g/mol. The Kier molecular flexibility index (Phi) is 4.06. The molecule has 1 amide bonds. The lowest BCUT2D eigenvalue weighted by Crippen LogP contribution is -2.50. The zero-order chi connectivity index (χ0) is 20.7. The van der Waals surface area contributed by atoms with Gasteiger partial charge in [0, 0.05) is 29.9 Å². The van der Waals surface area contributed by atoms with E-state index >= 15 is 0 Å². The fourth-order valence-electron chi connectivity index (χ4n) is 4.14. The van der Waals surface area contributed by atoms with Gasteiger partial charge < -0.3 is 5.73 Å². The van der Waals surface area contributed by atoms with Crippen molar-refractivity contribution in [2.75, 3.05) is 0 Å². The molecule has 0 unspecified atom stereocenters. The van der Waals surface area contributed by atoms with Gasteiger partial charge in [0.1, 0.15) is 11.4 Å². The molecule has 0 saturated heterocycles. The highest BCUT2D eigenvalue weighted by molar-refractivity contribution is 5.93. The summed E-state index contributed by atoms with van der Waals surface area (Å²) in [6.07, 6.45) is 6.55. The van der Waals surface area contributed by atoms with Gasteiger partial charge in [-0.3, -0.25) is 19.6 Å². The maximum atomic E-state index is 11.5. The van der Waals surface area contributed by atoms with Crippen molar-refractivity contribution in [3.63, 3.8) is 0 Å². The van der Waals surface area contributed by atoms with Crippen molar-refractivity contribution in [3.05, 3.63) is 48.9 Å². The third-order valence-corrected chi connectivity index (χ3v) is 5.76. The van der Waals surface area contributed by atoms with Gasteiger partial charge in [-0.25, -0.2) is 4.98 Å². The van der Waals surface area contributed by atoms with E-state index in [1.165, 1.54) is 0 Å². The molecule has 0 bridgehead atoms. The average molecular weight is 398 g/mol. The second kappa shape index (κ2) is 6.77. The van der Waals surface area contributed by atoms with Gasteiger partial charge in [-0.05, 0) is 43.2 Å². The van der Waals surface area contributed by atoms with E-state index in [0.29, 0.717) is 29.9 Å². The first-order valence-electron chi connectivity index (χ1n) is 9.58. The number of fused-ring (bicyclic) bond motifs is 1. The minimum atomic E-state index is -0.512. The predicted octanol–water partition coefficient (Wildman–Crippen LogP) is 2.39. The first kappa shape index (κ1) is 18.0.